The lowest BCUT2D eigenvalue weighted by Gasteiger charge is -2.33. The maximum absolute atomic E-state index is 6.18. The van der Waals surface area contributed by atoms with Crippen molar-refractivity contribution in [2.45, 2.75) is 32.4 Å². The van der Waals surface area contributed by atoms with Gasteiger partial charge in [0, 0.05) is 36.4 Å². The van der Waals surface area contributed by atoms with Gasteiger partial charge in [0.05, 0.1) is 0 Å². The Kier molecular flexibility index (Phi) is 5.08. The Morgan fingerprint density at radius 3 is 2.84 bits per heavy atom. The largest absolute Gasteiger partial charge is 0.367 e. The lowest BCUT2D eigenvalue weighted by molar-refractivity contribution is 0.328. The summed E-state index contributed by atoms with van der Waals surface area (Å²) >= 11 is 6.18. The van der Waals surface area contributed by atoms with Gasteiger partial charge >= 0.3 is 0 Å². The lowest BCUT2D eigenvalue weighted by Crippen LogP contribution is -2.40. The predicted molar refractivity (Wildman–Crippen MR) is 82.9 cm³/mol. The number of benzene rings is 1. The van der Waals surface area contributed by atoms with E-state index in [2.05, 4.69) is 35.9 Å². The molecule has 0 spiro atoms. The summed E-state index contributed by atoms with van der Waals surface area (Å²) in [4.78, 5) is 4.92. The lowest BCUT2D eigenvalue weighted by atomic mass is 10.1. The highest BCUT2D eigenvalue weighted by molar-refractivity contribution is 6.30. The van der Waals surface area contributed by atoms with Crippen LogP contribution in [0.2, 0.25) is 5.02 Å². The number of likely N-dealkylation sites (N-methyl/N-ethyl adjacent to an activating group) is 1. The van der Waals surface area contributed by atoms with Gasteiger partial charge in [0.1, 0.15) is 0 Å². The van der Waals surface area contributed by atoms with Gasteiger partial charge in [-0.05, 0) is 44.1 Å². The second-order valence-corrected chi connectivity index (χ2v) is 5.78. The second kappa shape index (κ2) is 6.60. The summed E-state index contributed by atoms with van der Waals surface area (Å²) in [5, 5.41) is 0.791. The van der Waals surface area contributed by atoms with Crippen molar-refractivity contribution in [2.24, 2.45) is 5.73 Å². The van der Waals surface area contributed by atoms with E-state index in [4.69, 9.17) is 17.3 Å². The molecule has 0 radical (unpaired) electrons. The number of nitrogens with zero attached hydrogens (tertiary/aromatic N) is 2. The van der Waals surface area contributed by atoms with Crippen molar-refractivity contribution in [2.75, 3.05) is 31.6 Å². The van der Waals surface area contributed by atoms with Crippen molar-refractivity contribution in [3.05, 3.63) is 28.8 Å². The van der Waals surface area contributed by atoms with E-state index >= 15 is 0 Å². The van der Waals surface area contributed by atoms with Gasteiger partial charge < -0.3 is 15.5 Å². The van der Waals surface area contributed by atoms with Crippen LogP contribution in [0.1, 0.15) is 25.3 Å². The second-order valence-electron chi connectivity index (χ2n) is 5.35. The van der Waals surface area contributed by atoms with Crippen molar-refractivity contribution in [1.29, 1.82) is 0 Å². The third-order valence-electron chi connectivity index (χ3n) is 3.95. The van der Waals surface area contributed by atoms with Gasteiger partial charge in [0.2, 0.25) is 0 Å². The van der Waals surface area contributed by atoms with Crippen molar-refractivity contribution in [3.63, 3.8) is 0 Å². The molecule has 1 unspecified atom stereocenters. The highest BCUT2D eigenvalue weighted by Gasteiger charge is 2.23. The Morgan fingerprint density at radius 2 is 2.16 bits per heavy atom. The van der Waals surface area contributed by atoms with E-state index in [0.29, 0.717) is 12.6 Å². The van der Waals surface area contributed by atoms with Crippen LogP contribution >= 0.6 is 11.6 Å². The molecule has 0 aliphatic carbocycles. The van der Waals surface area contributed by atoms with Crippen LogP contribution in [-0.2, 0) is 6.54 Å². The number of hydrogen-bond donors (Lipinski definition) is 1. The average Bonchev–Trinajstić information content (AvgIpc) is 2.60. The van der Waals surface area contributed by atoms with Crippen molar-refractivity contribution in [3.8, 4) is 0 Å². The van der Waals surface area contributed by atoms with Crippen LogP contribution in [-0.4, -0.2) is 37.6 Å². The molecule has 1 aromatic rings. The fourth-order valence-electron chi connectivity index (χ4n) is 2.89. The monoisotopic (exact) mass is 281 g/mol. The molecule has 1 atom stereocenters. The summed E-state index contributed by atoms with van der Waals surface area (Å²) in [6.07, 6.45) is 2.32. The fourth-order valence-corrected chi connectivity index (χ4v) is 3.05. The SMILES string of the molecule is CCC1CN(C)CCCN1c1cc(Cl)ccc1CN. The molecule has 0 bridgehead atoms. The third kappa shape index (κ3) is 3.41. The molecule has 1 aliphatic heterocycles. The Labute approximate surface area is 121 Å². The van der Waals surface area contributed by atoms with E-state index in [-0.39, 0.29) is 0 Å². The first-order chi connectivity index (χ1) is 9.15. The summed E-state index contributed by atoms with van der Waals surface area (Å²) in [5.41, 5.74) is 8.29. The van der Waals surface area contributed by atoms with Crippen LogP contribution in [0.3, 0.4) is 0 Å². The maximum atomic E-state index is 6.18. The first-order valence-corrected chi connectivity index (χ1v) is 7.47. The minimum absolute atomic E-state index is 0.538. The molecular formula is C15H24ClN3. The molecule has 1 saturated heterocycles. The van der Waals surface area contributed by atoms with E-state index in [1.807, 2.05) is 6.07 Å². The minimum atomic E-state index is 0.538. The molecule has 1 heterocycles. The Hall–Kier alpha value is -0.770. The van der Waals surface area contributed by atoms with E-state index < -0.39 is 0 Å². The van der Waals surface area contributed by atoms with Gasteiger partial charge in [0.25, 0.3) is 0 Å². The van der Waals surface area contributed by atoms with E-state index in [0.717, 1.165) is 31.1 Å². The highest BCUT2D eigenvalue weighted by atomic mass is 35.5. The first kappa shape index (κ1) is 14.6. The molecular weight excluding hydrogens is 258 g/mol. The van der Waals surface area contributed by atoms with Gasteiger partial charge in [-0.15, -0.1) is 0 Å². The van der Waals surface area contributed by atoms with Gasteiger partial charge in [-0.2, -0.15) is 0 Å². The molecule has 3 nitrogen and oxygen atoms in total. The molecule has 1 aromatic carbocycles. The molecule has 4 heteroatoms. The standard InChI is InChI=1S/C15H24ClN3/c1-3-14-11-18(2)7-4-8-19(14)15-9-13(16)6-5-12(15)10-17/h5-6,9,14H,3-4,7-8,10-11,17H2,1-2H3. The number of nitrogens with two attached hydrogens (primary N) is 1. The average molecular weight is 282 g/mol. The van der Waals surface area contributed by atoms with Crippen molar-refractivity contribution in [1.82, 2.24) is 4.90 Å². The number of rotatable bonds is 3. The molecule has 0 aromatic heterocycles. The predicted octanol–water partition coefficient (Wildman–Crippen LogP) is 2.72. The summed E-state index contributed by atoms with van der Waals surface area (Å²) < 4.78 is 0. The van der Waals surface area contributed by atoms with Crippen molar-refractivity contribution >= 4 is 17.3 Å². The molecule has 106 valence electrons. The Balaban J connectivity index is 2.34. The number of hydrogen-bond acceptors (Lipinski definition) is 3. The minimum Gasteiger partial charge on any atom is -0.367 e. The highest BCUT2D eigenvalue weighted by Crippen LogP contribution is 2.28. The smallest absolute Gasteiger partial charge is 0.0429 e. The molecule has 0 saturated carbocycles. The molecule has 1 aliphatic rings. The number of anilines is 1. The van der Waals surface area contributed by atoms with E-state index in [1.54, 1.807) is 0 Å². The van der Waals surface area contributed by atoms with Crippen LogP contribution in [0, 0.1) is 0 Å². The molecule has 19 heavy (non-hydrogen) atoms. The summed E-state index contributed by atoms with van der Waals surface area (Å²) in [5.74, 6) is 0. The third-order valence-corrected chi connectivity index (χ3v) is 4.19. The van der Waals surface area contributed by atoms with Crippen LogP contribution in [0.25, 0.3) is 0 Å². The zero-order chi connectivity index (χ0) is 13.8. The molecule has 0 amide bonds. The van der Waals surface area contributed by atoms with Gasteiger partial charge in [-0.3, -0.25) is 0 Å². The molecule has 1 fully saturated rings. The van der Waals surface area contributed by atoms with Crippen LogP contribution in [0.5, 0.6) is 0 Å². The zero-order valence-corrected chi connectivity index (χ0v) is 12.7. The van der Waals surface area contributed by atoms with E-state index in [1.165, 1.54) is 17.7 Å². The Morgan fingerprint density at radius 1 is 1.37 bits per heavy atom. The zero-order valence-electron chi connectivity index (χ0n) is 11.9. The summed E-state index contributed by atoms with van der Waals surface area (Å²) in [7, 11) is 2.20. The van der Waals surface area contributed by atoms with Crippen molar-refractivity contribution < 1.29 is 0 Å². The molecule has 2 rings (SSSR count). The topological polar surface area (TPSA) is 32.5 Å². The van der Waals surface area contributed by atoms with Gasteiger partial charge in [0.15, 0.2) is 0 Å². The summed E-state index contributed by atoms with van der Waals surface area (Å²) in [6, 6.07) is 6.59. The molecule has 2 N–H and O–H groups in total. The fraction of sp³-hybridized carbons (Fsp3) is 0.600. The van der Waals surface area contributed by atoms with Gasteiger partial charge in [-0.25, -0.2) is 0 Å². The quantitative estimate of drug-likeness (QED) is 0.925. The van der Waals surface area contributed by atoms with E-state index in [9.17, 15) is 0 Å². The maximum Gasteiger partial charge on any atom is 0.0429 e. The van der Waals surface area contributed by atoms with Crippen LogP contribution in [0.4, 0.5) is 5.69 Å². The first-order valence-electron chi connectivity index (χ1n) is 7.09. The van der Waals surface area contributed by atoms with Crippen LogP contribution in [0.15, 0.2) is 18.2 Å². The Bertz CT molecular complexity index is 422. The normalized spacial score (nSPS) is 21.5. The summed E-state index contributed by atoms with van der Waals surface area (Å²) in [6.45, 7) is 6.16. The number of halogens is 1. The van der Waals surface area contributed by atoms with Crippen LogP contribution < -0.4 is 10.6 Å². The van der Waals surface area contributed by atoms with Gasteiger partial charge in [-0.1, -0.05) is 24.6 Å².